The van der Waals surface area contributed by atoms with E-state index < -0.39 is 0 Å². The number of ether oxygens (including phenoxy) is 2. The Morgan fingerprint density at radius 3 is 2.46 bits per heavy atom. The van der Waals surface area contributed by atoms with Crippen LogP contribution in [0.3, 0.4) is 0 Å². The van der Waals surface area contributed by atoms with Crippen LogP contribution in [0, 0.1) is 13.8 Å². The van der Waals surface area contributed by atoms with Crippen molar-refractivity contribution in [1.82, 2.24) is 15.4 Å². The van der Waals surface area contributed by atoms with E-state index in [2.05, 4.69) is 41.7 Å². The highest BCUT2D eigenvalue weighted by molar-refractivity contribution is 9.10. The summed E-state index contributed by atoms with van der Waals surface area (Å²) in [6, 6.07) is 14.3. The van der Waals surface area contributed by atoms with Crippen molar-refractivity contribution in [3.8, 4) is 11.5 Å². The number of nitrogens with one attached hydrogen (secondary N) is 2. The Hall–Kier alpha value is -3.44. The maximum atomic E-state index is 12.2. The number of halogens is 1. The van der Waals surface area contributed by atoms with Gasteiger partial charge in [0.05, 0.1) is 19.1 Å². The first kappa shape index (κ1) is 26.2. The Bertz CT molecular complexity index is 1200. The molecule has 2 N–H and O–H groups in total. The van der Waals surface area contributed by atoms with E-state index in [4.69, 9.17) is 9.47 Å². The average Bonchev–Trinajstić information content (AvgIpc) is 2.82. The first-order valence-corrected chi connectivity index (χ1v) is 12.2. The fourth-order valence-corrected chi connectivity index (χ4v) is 4.04. The number of para-hydroxylation sites is 1. The van der Waals surface area contributed by atoms with Crippen LogP contribution in [0.15, 0.2) is 63.3 Å². The summed E-state index contributed by atoms with van der Waals surface area (Å²) in [5.74, 6) is 0.334. The molecule has 0 atom stereocenters. The zero-order valence-corrected chi connectivity index (χ0v) is 21.8. The van der Waals surface area contributed by atoms with E-state index in [-0.39, 0.29) is 24.2 Å². The Morgan fingerprint density at radius 1 is 1.06 bits per heavy atom. The Balaban J connectivity index is 1.54. The quantitative estimate of drug-likeness (QED) is 0.167. The molecule has 0 fully saturated rings. The molecule has 35 heavy (non-hydrogen) atoms. The standard InChI is InChI=1S/C24H24BrN5O4S/c1-15-9-16(2)28-24(27-15)35-14-23(32)30-26-12-17-10-20(33-3)21(11-19(17)25)34-13-22(31)29-18-7-5-4-6-8-18/h4-12H,13-14H2,1-3H3,(H,29,31)(H,30,32)/b26-12-. The Kier molecular flexibility index (Phi) is 9.62. The molecule has 0 aliphatic carbocycles. The smallest absolute Gasteiger partial charge is 0.262 e. The molecule has 0 saturated heterocycles. The molecule has 3 rings (SSSR count). The van der Waals surface area contributed by atoms with Gasteiger partial charge in [0.2, 0.25) is 0 Å². The zero-order chi connectivity index (χ0) is 25.2. The van der Waals surface area contributed by atoms with Crippen LogP contribution in [-0.4, -0.2) is 47.5 Å². The minimum atomic E-state index is -0.299. The van der Waals surface area contributed by atoms with Crippen LogP contribution in [0.25, 0.3) is 0 Å². The van der Waals surface area contributed by atoms with Crippen molar-refractivity contribution in [1.29, 1.82) is 0 Å². The summed E-state index contributed by atoms with van der Waals surface area (Å²) >= 11 is 4.69. The second-order valence-electron chi connectivity index (χ2n) is 7.24. The number of methoxy groups -OCH3 is 1. The molecule has 9 nitrogen and oxygen atoms in total. The molecule has 0 aliphatic rings. The summed E-state index contributed by atoms with van der Waals surface area (Å²) in [4.78, 5) is 32.9. The number of nitrogens with zero attached hydrogens (tertiary/aromatic N) is 3. The van der Waals surface area contributed by atoms with Crippen LogP contribution in [0.2, 0.25) is 0 Å². The van der Waals surface area contributed by atoms with E-state index in [1.165, 1.54) is 25.1 Å². The predicted octanol–water partition coefficient (Wildman–Crippen LogP) is 4.12. The zero-order valence-electron chi connectivity index (χ0n) is 19.4. The minimum Gasteiger partial charge on any atom is -0.493 e. The lowest BCUT2D eigenvalue weighted by Gasteiger charge is -2.12. The second kappa shape index (κ2) is 12.9. The van der Waals surface area contributed by atoms with E-state index in [9.17, 15) is 9.59 Å². The number of anilines is 1. The number of rotatable bonds is 10. The van der Waals surface area contributed by atoms with E-state index in [1.807, 2.05) is 38.1 Å². The largest absolute Gasteiger partial charge is 0.493 e. The predicted molar refractivity (Wildman–Crippen MR) is 139 cm³/mol. The number of carbonyl (C=O) groups excluding carboxylic acids is 2. The highest BCUT2D eigenvalue weighted by atomic mass is 79.9. The summed E-state index contributed by atoms with van der Waals surface area (Å²) in [5.41, 5.74) is 5.51. The van der Waals surface area contributed by atoms with Gasteiger partial charge in [0, 0.05) is 27.1 Å². The van der Waals surface area contributed by atoms with Gasteiger partial charge in [-0.2, -0.15) is 5.10 Å². The lowest BCUT2D eigenvalue weighted by Crippen LogP contribution is -2.20. The molecule has 1 aromatic heterocycles. The van der Waals surface area contributed by atoms with Crippen molar-refractivity contribution in [2.24, 2.45) is 5.10 Å². The lowest BCUT2D eigenvalue weighted by molar-refractivity contribution is -0.119. The second-order valence-corrected chi connectivity index (χ2v) is 9.04. The van der Waals surface area contributed by atoms with Crippen LogP contribution < -0.4 is 20.2 Å². The molecule has 0 saturated carbocycles. The van der Waals surface area contributed by atoms with Gasteiger partial charge in [0.15, 0.2) is 23.3 Å². The van der Waals surface area contributed by atoms with Gasteiger partial charge in [0.25, 0.3) is 11.8 Å². The SMILES string of the molecule is COc1cc(/C=N\NC(=O)CSc2nc(C)cc(C)n2)c(Br)cc1OCC(=O)Nc1ccccc1. The number of thioether (sulfide) groups is 1. The van der Waals surface area contributed by atoms with Crippen LogP contribution in [0.5, 0.6) is 11.5 Å². The highest BCUT2D eigenvalue weighted by Gasteiger charge is 2.12. The Morgan fingerprint density at radius 2 is 1.77 bits per heavy atom. The number of hydrogen-bond donors (Lipinski definition) is 2. The van der Waals surface area contributed by atoms with Crippen LogP contribution in [-0.2, 0) is 9.59 Å². The molecule has 0 aliphatic heterocycles. The van der Waals surface area contributed by atoms with Gasteiger partial charge in [0.1, 0.15) is 0 Å². The van der Waals surface area contributed by atoms with E-state index in [1.54, 1.807) is 24.3 Å². The van der Waals surface area contributed by atoms with Crippen molar-refractivity contribution in [3.63, 3.8) is 0 Å². The van der Waals surface area contributed by atoms with Crippen LogP contribution >= 0.6 is 27.7 Å². The molecule has 0 unspecified atom stereocenters. The highest BCUT2D eigenvalue weighted by Crippen LogP contribution is 2.33. The van der Waals surface area contributed by atoms with Crippen LogP contribution in [0.1, 0.15) is 17.0 Å². The summed E-state index contributed by atoms with van der Waals surface area (Å²) < 4.78 is 11.7. The molecular weight excluding hydrogens is 534 g/mol. The van der Waals surface area contributed by atoms with Gasteiger partial charge >= 0.3 is 0 Å². The molecule has 182 valence electrons. The normalized spacial score (nSPS) is 10.7. The number of amides is 2. The first-order valence-electron chi connectivity index (χ1n) is 10.5. The number of aromatic nitrogens is 2. The summed E-state index contributed by atoms with van der Waals surface area (Å²) in [6.07, 6.45) is 1.48. The Labute approximate surface area is 215 Å². The molecule has 3 aromatic rings. The molecule has 0 radical (unpaired) electrons. The van der Waals surface area contributed by atoms with Gasteiger partial charge in [-0.1, -0.05) is 30.0 Å². The molecule has 0 bridgehead atoms. The fraction of sp³-hybridized carbons (Fsp3) is 0.208. The van der Waals surface area contributed by atoms with E-state index in [0.717, 1.165) is 11.4 Å². The van der Waals surface area contributed by atoms with Crippen molar-refractivity contribution >= 4 is 51.4 Å². The van der Waals surface area contributed by atoms with Crippen molar-refractivity contribution in [2.75, 3.05) is 24.8 Å². The fourth-order valence-electron chi connectivity index (χ4n) is 2.88. The maximum absolute atomic E-state index is 12.2. The number of hydrazone groups is 1. The van der Waals surface area contributed by atoms with Gasteiger partial charge in [-0.25, -0.2) is 15.4 Å². The number of carbonyl (C=O) groups is 2. The lowest BCUT2D eigenvalue weighted by atomic mass is 10.2. The monoisotopic (exact) mass is 557 g/mol. The van der Waals surface area contributed by atoms with Gasteiger partial charge in [-0.15, -0.1) is 0 Å². The van der Waals surface area contributed by atoms with Gasteiger partial charge in [-0.3, -0.25) is 9.59 Å². The molecular formula is C24H24BrN5O4S. The van der Waals surface area contributed by atoms with Crippen LogP contribution in [0.4, 0.5) is 5.69 Å². The summed E-state index contributed by atoms with van der Waals surface area (Å²) in [6.45, 7) is 3.57. The third kappa shape index (κ3) is 8.37. The number of aryl methyl sites for hydroxylation is 2. The molecule has 0 spiro atoms. The molecule has 11 heteroatoms. The summed E-state index contributed by atoms with van der Waals surface area (Å²) in [5, 5.41) is 7.30. The third-order valence-corrected chi connectivity index (χ3v) is 5.92. The topological polar surface area (TPSA) is 115 Å². The van der Waals surface area contributed by atoms with Crippen molar-refractivity contribution < 1.29 is 19.1 Å². The molecule has 1 heterocycles. The molecule has 2 aromatic carbocycles. The van der Waals surface area contributed by atoms with Gasteiger partial charge < -0.3 is 14.8 Å². The van der Waals surface area contributed by atoms with Crippen molar-refractivity contribution in [2.45, 2.75) is 19.0 Å². The number of benzene rings is 2. The maximum Gasteiger partial charge on any atom is 0.262 e. The summed E-state index contributed by atoms with van der Waals surface area (Å²) in [7, 11) is 1.50. The first-order chi connectivity index (χ1) is 16.8. The van der Waals surface area contributed by atoms with E-state index >= 15 is 0 Å². The minimum absolute atomic E-state index is 0.128. The van der Waals surface area contributed by atoms with E-state index in [0.29, 0.717) is 32.4 Å². The third-order valence-electron chi connectivity index (χ3n) is 4.39. The van der Waals surface area contributed by atoms with Gasteiger partial charge in [-0.05, 0) is 60.1 Å². The average molecular weight is 558 g/mol. The molecule has 2 amide bonds. The van der Waals surface area contributed by atoms with Crippen molar-refractivity contribution in [3.05, 3.63) is 70.0 Å². The number of hydrogen-bond acceptors (Lipinski definition) is 8.